The second-order valence-electron chi connectivity index (χ2n) is 2.81. The van der Waals surface area contributed by atoms with Crippen molar-refractivity contribution in [1.82, 2.24) is 9.97 Å². The second-order valence-corrected chi connectivity index (χ2v) is 3.90. The van der Waals surface area contributed by atoms with Gasteiger partial charge in [0.2, 0.25) is 5.88 Å². The monoisotopic (exact) mass is 244 g/mol. The summed E-state index contributed by atoms with van der Waals surface area (Å²) in [7, 11) is 0. The van der Waals surface area contributed by atoms with Crippen molar-refractivity contribution in [3.8, 4) is 5.88 Å². The van der Waals surface area contributed by atoms with Crippen LogP contribution in [0.15, 0.2) is 16.0 Å². The molecule has 0 aromatic carbocycles. The van der Waals surface area contributed by atoms with Crippen LogP contribution in [0, 0.1) is 0 Å². The maximum absolute atomic E-state index is 11.0. The van der Waals surface area contributed by atoms with Gasteiger partial charge in [0, 0.05) is 5.75 Å². The number of carbonyl (C=O) groups excluding carboxylic acids is 1. The standard InChI is InChI=1S/C9H12N2O4S/c1-2-15-8(14)3-4-16-9-10-6(12)5-7(13)11-9/h5H,2-4H2,1H3,(H2,10,11,12,13). The van der Waals surface area contributed by atoms with Crippen molar-refractivity contribution in [1.29, 1.82) is 0 Å². The van der Waals surface area contributed by atoms with E-state index >= 15 is 0 Å². The van der Waals surface area contributed by atoms with E-state index in [4.69, 9.17) is 9.84 Å². The minimum absolute atomic E-state index is 0.234. The van der Waals surface area contributed by atoms with Crippen molar-refractivity contribution in [2.24, 2.45) is 0 Å². The number of aromatic nitrogens is 2. The molecule has 0 atom stereocenters. The van der Waals surface area contributed by atoms with E-state index in [9.17, 15) is 9.59 Å². The van der Waals surface area contributed by atoms with Gasteiger partial charge in [0.05, 0.1) is 19.1 Å². The molecular formula is C9H12N2O4S. The van der Waals surface area contributed by atoms with E-state index in [1.54, 1.807) is 6.92 Å². The summed E-state index contributed by atoms with van der Waals surface area (Å²) in [4.78, 5) is 28.1. The third-order valence-electron chi connectivity index (χ3n) is 1.56. The number of aromatic hydroxyl groups is 1. The van der Waals surface area contributed by atoms with Crippen LogP contribution in [-0.4, -0.2) is 33.4 Å². The minimum Gasteiger partial charge on any atom is -0.493 e. The van der Waals surface area contributed by atoms with E-state index in [0.29, 0.717) is 12.4 Å². The van der Waals surface area contributed by atoms with Crippen molar-refractivity contribution in [2.45, 2.75) is 18.5 Å². The Balaban J connectivity index is 2.43. The first-order chi connectivity index (χ1) is 7.61. The van der Waals surface area contributed by atoms with Crippen molar-refractivity contribution in [3.63, 3.8) is 0 Å². The quantitative estimate of drug-likeness (QED) is 0.445. The summed E-state index contributed by atoms with van der Waals surface area (Å²) in [5.41, 5.74) is -0.425. The lowest BCUT2D eigenvalue weighted by atomic mass is 10.5. The molecule has 0 aliphatic rings. The van der Waals surface area contributed by atoms with Crippen LogP contribution in [0.3, 0.4) is 0 Å². The molecule has 1 aromatic rings. The van der Waals surface area contributed by atoms with Gasteiger partial charge in [-0.25, -0.2) is 0 Å². The van der Waals surface area contributed by atoms with Crippen molar-refractivity contribution in [3.05, 3.63) is 16.4 Å². The molecule has 0 saturated carbocycles. The van der Waals surface area contributed by atoms with E-state index in [2.05, 4.69) is 9.97 Å². The Labute approximate surface area is 96.0 Å². The maximum Gasteiger partial charge on any atom is 0.306 e. The van der Waals surface area contributed by atoms with Gasteiger partial charge in [0.15, 0.2) is 5.16 Å². The molecule has 0 spiro atoms. The Kier molecular flexibility index (Phi) is 4.84. The van der Waals surface area contributed by atoms with Gasteiger partial charge in [-0.3, -0.25) is 9.59 Å². The number of nitrogens with one attached hydrogen (secondary N) is 1. The summed E-state index contributed by atoms with van der Waals surface area (Å²) in [5, 5.41) is 9.34. The summed E-state index contributed by atoms with van der Waals surface area (Å²) in [6.45, 7) is 2.09. The van der Waals surface area contributed by atoms with Gasteiger partial charge in [0.1, 0.15) is 0 Å². The molecular weight excluding hydrogens is 232 g/mol. The van der Waals surface area contributed by atoms with Gasteiger partial charge in [-0.05, 0) is 6.92 Å². The molecule has 0 amide bonds. The van der Waals surface area contributed by atoms with E-state index < -0.39 is 5.56 Å². The number of hydrogen-bond donors (Lipinski definition) is 2. The SMILES string of the molecule is CCOC(=O)CCSc1nc(O)cc(=O)[nH]1. The highest BCUT2D eigenvalue weighted by atomic mass is 32.2. The van der Waals surface area contributed by atoms with Crippen molar-refractivity contribution < 1.29 is 14.6 Å². The molecule has 0 bridgehead atoms. The predicted molar refractivity (Wildman–Crippen MR) is 58.5 cm³/mol. The molecule has 1 rings (SSSR count). The molecule has 0 fully saturated rings. The summed E-state index contributed by atoms with van der Waals surface area (Å²) >= 11 is 1.18. The summed E-state index contributed by atoms with van der Waals surface area (Å²) in [5.74, 6) is -0.189. The number of esters is 1. The Morgan fingerprint density at radius 3 is 3.06 bits per heavy atom. The van der Waals surface area contributed by atoms with Crippen LogP contribution in [0.1, 0.15) is 13.3 Å². The van der Waals surface area contributed by atoms with Crippen LogP contribution in [0.5, 0.6) is 5.88 Å². The zero-order valence-electron chi connectivity index (χ0n) is 8.73. The predicted octanol–water partition coefficient (Wildman–Crippen LogP) is 0.521. The molecule has 2 N–H and O–H groups in total. The minimum atomic E-state index is -0.425. The Morgan fingerprint density at radius 2 is 2.44 bits per heavy atom. The number of hydrogen-bond acceptors (Lipinski definition) is 6. The molecule has 6 nitrogen and oxygen atoms in total. The molecule has 0 aliphatic heterocycles. The fraction of sp³-hybridized carbons (Fsp3) is 0.444. The molecule has 0 radical (unpaired) electrons. The average Bonchev–Trinajstić information content (AvgIpc) is 2.16. The van der Waals surface area contributed by atoms with Crippen LogP contribution in [0.25, 0.3) is 0 Å². The van der Waals surface area contributed by atoms with Gasteiger partial charge < -0.3 is 14.8 Å². The first kappa shape index (κ1) is 12.6. The molecule has 16 heavy (non-hydrogen) atoms. The summed E-state index contributed by atoms with van der Waals surface area (Å²) in [6, 6.07) is 0.982. The zero-order chi connectivity index (χ0) is 12.0. The fourth-order valence-corrected chi connectivity index (χ4v) is 1.75. The second kappa shape index (κ2) is 6.16. The molecule has 0 saturated heterocycles. The number of ether oxygens (including phenoxy) is 1. The van der Waals surface area contributed by atoms with Gasteiger partial charge in [-0.1, -0.05) is 11.8 Å². The van der Waals surface area contributed by atoms with Gasteiger partial charge >= 0.3 is 5.97 Å². The van der Waals surface area contributed by atoms with Crippen LogP contribution >= 0.6 is 11.8 Å². The number of rotatable bonds is 5. The van der Waals surface area contributed by atoms with Crippen LogP contribution in [0.4, 0.5) is 0 Å². The third-order valence-corrected chi connectivity index (χ3v) is 2.43. The molecule has 1 aromatic heterocycles. The normalized spacial score (nSPS) is 10.1. The smallest absolute Gasteiger partial charge is 0.306 e. The highest BCUT2D eigenvalue weighted by Crippen LogP contribution is 2.14. The lowest BCUT2D eigenvalue weighted by Gasteiger charge is -2.01. The first-order valence-corrected chi connectivity index (χ1v) is 5.69. The van der Waals surface area contributed by atoms with Gasteiger partial charge in [-0.15, -0.1) is 0 Å². The summed E-state index contributed by atoms with van der Waals surface area (Å²) in [6.07, 6.45) is 0.234. The zero-order valence-corrected chi connectivity index (χ0v) is 9.54. The lowest BCUT2D eigenvalue weighted by molar-refractivity contribution is -0.142. The maximum atomic E-state index is 11.0. The number of nitrogens with zero attached hydrogens (tertiary/aromatic N) is 1. The summed E-state index contributed by atoms with van der Waals surface area (Å²) < 4.78 is 4.73. The van der Waals surface area contributed by atoms with Crippen LogP contribution in [0.2, 0.25) is 0 Å². The Hall–Kier alpha value is -1.50. The van der Waals surface area contributed by atoms with E-state index in [-0.39, 0.29) is 23.4 Å². The number of aromatic amines is 1. The molecule has 1 heterocycles. The molecule has 0 unspecified atom stereocenters. The number of thioether (sulfide) groups is 1. The van der Waals surface area contributed by atoms with Gasteiger partial charge in [-0.2, -0.15) is 4.98 Å². The average molecular weight is 244 g/mol. The largest absolute Gasteiger partial charge is 0.493 e. The Morgan fingerprint density at radius 1 is 1.69 bits per heavy atom. The third kappa shape index (κ3) is 4.35. The molecule has 7 heteroatoms. The van der Waals surface area contributed by atoms with E-state index in [1.807, 2.05) is 0 Å². The Bertz CT molecular complexity index is 418. The van der Waals surface area contributed by atoms with Crippen LogP contribution < -0.4 is 5.56 Å². The molecule has 0 aliphatic carbocycles. The highest BCUT2D eigenvalue weighted by Gasteiger charge is 2.04. The molecule has 88 valence electrons. The van der Waals surface area contributed by atoms with E-state index in [0.717, 1.165) is 6.07 Å². The number of carbonyl (C=O) groups is 1. The fourth-order valence-electron chi connectivity index (χ4n) is 0.956. The number of H-pyrrole nitrogens is 1. The lowest BCUT2D eigenvalue weighted by Crippen LogP contribution is -2.08. The van der Waals surface area contributed by atoms with Crippen molar-refractivity contribution in [2.75, 3.05) is 12.4 Å². The topological polar surface area (TPSA) is 92.3 Å². The van der Waals surface area contributed by atoms with Crippen molar-refractivity contribution >= 4 is 17.7 Å². The highest BCUT2D eigenvalue weighted by molar-refractivity contribution is 7.99. The first-order valence-electron chi connectivity index (χ1n) is 4.70. The van der Waals surface area contributed by atoms with Crippen LogP contribution in [-0.2, 0) is 9.53 Å². The van der Waals surface area contributed by atoms with Gasteiger partial charge in [0.25, 0.3) is 5.56 Å². The van der Waals surface area contributed by atoms with E-state index in [1.165, 1.54) is 11.8 Å².